The first kappa shape index (κ1) is 24.1. The van der Waals surface area contributed by atoms with Crippen LogP contribution < -0.4 is 10.1 Å². The van der Waals surface area contributed by atoms with E-state index in [1.54, 1.807) is 7.11 Å². The minimum Gasteiger partial charge on any atom is -0.497 e. The average Bonchev–Trinajstić information content (AvgIpc) is 3.75. The number of amides is 2. The number of methoxy groups -OCH3 is 1. The summed E-state index contributed by atoms with van der Waals surface area (Å²) in [6, 6.07) is 28.3. The van der Waals surface area contributed by atoms with Gasteiger partial charge in [-0.25, -0.2) is 0 Å². The van der Waals surface area contributed by atoms with Crippen molar-refractivity contribution >= 4 is 11.8 Å². The van der Waals surface area contributed by atoms with Crippen molar-refractivity contribution in [3.05, 3.63) is 102 Å². The van der Waals surface area contributed by atoms with Crippen LogP contribution in [-0.4, -0.2) is 43.5 Å². The molecule has 0 bridgehead atoms. The van der Waals surface area contributed by atoms with Crippen molar-refractivity contribution in [3.63, 3.8) is 0 Å². The van der Waals surface area contributed by atoms with Gasteiger partial charge in [0, 0.05) is 25.6 Å². The lowest BCUT2D eigenvalue weighted by Gasteiger charge is -2.41. The van der Waals surface area contributed by atoms with Crippen molar-refractivity contribution in [3.8, 4) is 5.75 Å². The number of benzene rings is 3. The molecule has 2 atom stereocenters. The van der Waals surface area contributed by atoms with Crippen molar-refractivity contribution < 1.29 is 14.3 Å². The number of carbonyl (C=O) groups excluding carboxylic acids is 2. The smallest absolute Gasteiger partial charge is 0.230 e. The van der Waals surface area contributed by atoms with Gasteiger partial charge < -0.3 is 15.0 Å². The van der Waals surface area contributed by atoms with Gasteiger partial charge in [0.2, 0.25) is 11.8 Å². The molecule has 0 radical (unpaired) electrons. The summed E-state index contributed by atoms with van der Waals surface area (Å²) in [5.41, 5.74) is 2.83. The molecule has 0 spiro atoms. The zero-order valence-corrected chi connectivity index (χ0v) is 20.9. The normalized spacial score (nSPS) is 20.4. The minimum absolute atomic E-state index is 0.0582. The van der Waals surface area contributed by atoms with Crippen LogP contribution in [0.5, 0.6) is 5.75 Å². The predicted molar refractivity (Wildman–Crippen MR) is 141 cm³/mol. The molecule has 3 aromatic carbocycles. The molecule has 1 saturated carbocycles. The summed E-state index contributed by atoms with van der Waals surface area (Å²) in [6.07, 6.45) is 2.96. The van der Waals surface area contributed by atoms with Gasteiger partial charge in [0.25, 0.3) is 0 Å². The second-order valence-corrected chi connectivity index (χ2v) is 9.99. The van der Waals surface area contributed by atoms with E-state index < -0.39 is 5.41 Å². The Morgan fingerprint density at radius 2 is 1.56 bits per heavy atom. The number of ether oxygens (including phenoxy) is 1. The van der Waals surface area contributed by atoms with Crippen LogP contribution in [0.15, 0.2) is 84.9 Å². The highest BCUT2D eigenvalue weighted by molar-refractivity contribution is 5.89. The SMILES string of the molecule is COc1ccc(CCNC(=O)C2(c3ccccc3)CCN(C(=O)C3CC3c3ccccc3)CC2)cc1. The third kappa shape index (κ3) is 5.01. The largest absolute Gasteiger partial charge is 0.497 e. The van der Waals surface area contributed by atoms with E-state index in [4.69, 9.17) is 4.74 Å². The molecular formula is C31H34N2O3. The van der Waals surface area contributed by atoms with Crippen LogP contribution in [0, 0.1) is 5.92 Å². The molecule has 2 fully saturated rings. The number of piperidine rings is 1. The first-order valence-corrected chi connectivity index (χ1v) is 12.9. The van der Waals surface area contributed by atoms with E-state index in [0.29, 0.717) is 38.4 Å². The van der Waals surface area contributed by atoms with E-state index in [-0.39, 0.29) is 17.7 Å². The van der Waals surface area contributed by atoms with E-state index in [1.165, 1.54) is 5.56 Å². The van der Waals surface area contributed by atoms with Gasteiger partial charge >= 0.3 is 0 Å². The van der Waals surface area contributed by atoms with Crippen LogP contribution in [0.3, 0.4) is 0 Å². The molecule has 1 aliphatic heterocycles. The van der Waals surface area contributed by atoms with Crippen molar-refractivity contribution in [2.75, 3.05) is 26.7 Å². The quantitative estimate of drug-likeness (QED) is 0.506. The molecule has 186 valence electrons. The van der Waals surface area contributed by atoms with Crippen LogP contribution in [0.25, 0.3) is 0 Å². The number of hydrogen-bond acceptors (Lipinski definition) is 3. The summed E-state index contributed by atoms with van der Waals surface area (Å²) in [5, 5.41) is 3.20. The van der Waals surface area contributed by atoms with Crippen LogP contribution in [0.2, 0.25) is 0 Å². The van der Waals surface area contributed by atoms with Crippen molar-refractivity contribution in [2.45, 2.75) is 37.0 Å². The van der Waals surface area contributed by atoms with E-state index in [9.17, 15) is 9.59 Å². The van der Waals surface area contributed by atoms with Gasteiger partial charge in [0.1, 0.15) is 5.75 Å². The highest BCUT2D eigenvalue weighted by atomic mass is 16.5. The first-order chi connectivity index (χ1) is 17.6. The third-order valence-electron chi connectivity index (χ3n) is 7.88. The van der Waals surface area contributed by atoms with Gasteiger partial charge in [0.05, 0.1) is 12.5 Å². The molecule has 0 aromatic heterocycles. The van der Waals surface area contributed by atoms with Crippen molar-refractivity contribution in [1.29, 1.82) is 0 Å². The van der Waals surface area contributed by atoms with Gasteiger partial charge in [-0.15, -0.1) is 0 Å². The minimum atomic E-state index is -0.611. The van der Waals surface area contributed by atoms with Crippen LogP contribution >= 0.6 is 0 Å². The Kier molecular flexibility index (Phi) is 7.08. The number of nitrogens with one attached hydrogen (secondary N) is 1. The third-order valence-corrected chi connectivity index (χ3v) is 7.88. The molecule has 5 heteroatoms. The molecule has 1 aliphatic carbocycles. The van der Waals surface area contributed by atoms with Gasteiger partial charge in [-0.1, -0.05) is 72.8 Å². The van der Waals surface area contributed by atoms with Crippen molar-refractivity contribution in [2.24, 2.45) is 5.92 Å². The summed E-state index contributed by atoms with van der Waals surface area (Å²) in [4.78, 5) is 28.9. The average molecular weight is 483 g/mol. The lowest BCUT2D eigenvalue weighted by molar-refractivity contribution is -0.138. The second-order valence-electron chi connectivity index (χ2n) is 9.99. The summed E-state index contributed by atoms with van der Waals surface area (Å²) in [6.45, 7) is 1.79. The molecule has 2 amide bonds. The Balaban J connectivity index is 1.22. The van der Waals surface area contributed by atoms with E-state index in [0.717, 1.165) is 29.7 Å². The Hall–Kier alpha value is -3.60. The predicted octanol–water partition coefficient (Wildman–Crippen LogP) is 4.72. The fourth-order valence-corrected chi connectivity index (χ4v) is 5.57. The lowest BCUT2D eigenvalue weighted by atomic mass is 9.72. The molecule has 1 N–H and O–H groups in total. The van der Waals surface area contributed by atoms with Gasteiger partial charge in [-0.05, 0) is 60.4 Å². The highest BCUT2D eigenvalue weighted by Crippen LogP contribution is 2.49. The fourth-order valence-electron chi connectivity index (χ4n) is 5.57. The summed E-state index contributed by atoms with van der Waals surface area (Å²) in [7, 11) is 1.66. The Labute approximate surface area is 213 Å². The molecule has 1 saturated heterocycles. The fraction of sp³-hybridized carbons (Fsp3) is 0.355. The highest BCUT2D eigenvalue weighted by Gasteiger charge is 2.49. The van der Waals surface area contributed by atoms with E-state index in [1.807, 2.05) is 77.7 Å². The monoisotopic (exact) mass is 482 g/mol. The maximum atomic E-state index is 13.6. The van der Waals surface area contributed by atoms with Crippen LogP contribution in [0.1, 0.15) is 41.9 Å². The molecule has 36 heavy (non-hydrogen) atoms. The lowest BCUT2D eigenvalue weighted by Crippen LogP contribution is -2.53. The maximum absolute atomic E-state index is 13.6. The maximum Gasteiger partial charge on any atom is 0.230 e. The van der Waals surface area contributed by atoms with Gasteiger partial charge in [-0.3, -0.25) is 9.59 Å². The number of carbonyl (C=O) groups is 2. The van der Waals surface area contributed by atoms with E-state index >= 15 is 0 Å². The molecule has 2 unspecified atom stereocenters. The summed E-state index contributed by atoms with van der Waals surface area (Å²) >= 11 is 0. The summed E-state index contributed by atoms with van der Waals surface area (Å²) in [5.74, 6) is 1.54. The Morgan fingerprint density at radius 3 is 2.19 bits per heavy atom. The molecule has 5 nitrogen and oxygen atoms in total. The van der Waals surface area contributed by atoms with E-state index in [2.05, 4.69) is 17.4 Å². The standard InChI is InChI=1S/C31H34N2O3/c1-36-26-14-12-23(13-15-26)16-19-32-30(35)31(25-10-6-3-7-11-25)17-20-33(21-18-31)29(34)28-22-27(28)24-8-4-2-5-9-24/h2-15,27-28H,16-22H2,1H3,(H,32,35). The zero-order chi connectivity index (χ0) is 25.0. The number of rotatable bonds is 8. The Bertz CT molecular complexity index is 1170. The van der Waals surface area contributed by atoms with Crippen LogP contribution in [0.4, 0.5) is 0 Å². The molecule has 2 aliphatic rings. The first-order valence-electron chi connectivity index (χ1n) is 12.9. The molecular weight excluding hydrogens is 448 g/mol. The van der Waals surface area contributed by atoms with Gasteiger partial charge in [-0.2, -0.15) is 0 Å². The second kappa shape index (κ2) is 10.6. The topological polar surface area (TPSA) is 58.6 Å². The van der Waals surface area contributed by atoms with Crippen molar-refractivity contribution in [1.82, 2.24) is 10.2 Å². The molecule has 5 rings (SSSR count). The zero-order valence-electron chi connectivity index (χ0n) is 20.9. The number of nitrogens with zero attached hydrogens (tertiary/aromatic N) is 1. The van der Waals surface area contributed by atoms with Gasteiger partial charge in [0.15, 0.2) is 0 Å². The molecule has 1 heterocycles. The number of hydrogen-bond donors (Lipinski definition) is 1. The Morgan fingerprint density at radius 1 is 0.917 bits per heavy atom. The molecule has 3 aromatic rings. The summed E-state index contributed by atoms with van der Waals surface area (Å²) < 4.78 is 5.23. The number of likely N-dealkylation sites (tertiary alicyclic amines) is 1. The van der Waals surface area contributed by atoms with Crippen LogP contribution in [-0.2, 0) is 21.4 Å².